The number of rotatable bonds is 5. The van der Waals surface area contributed by atoms with Gasteiger partial charge in [-0.1, -0.05) is 0 Å². The number of esters is 2. The number of phenols is 1. The van der Waals surface area contributed by atoms with Gasteiger partial charge in [-0.2, -0.15) is 0 Å². The number of ether oxygens (including phenoxy) is 3. The molecule has 4 rings (SSSR count). The number of hydrogen-bond donors (Lipinski definition) is 1. The standard InChI is InChI=1S/C26H27NO10/c1-5-33-24(31)19-9-8-18(36-19)15-13-34-20-12-14(11-17(28)21(20)22(15)29)35-23(30)16-7-6-10-27(16)25(32)37-26(2,3)4/h8-9,11-13,16,28H,5-7,10H2,1-4H3/t16-/m0/s1. The molecule has 196 valence electrons. The van der Waals surface area contributed by atoms with Crippen LogP contribution in [0.4, 0.5) is 4.79 Å². The predicted octanol–water partition coefficient (Wildman–Crippen LogP) is 4.24. The first-order valence-corrected chi connectivity index (χ1v) is 11.8. The minimum atomic E-state index is -0.852. The van der Waals surface area contributed by atoms with E-state index in [1.54, 1.807) is 27.7 Å². The lowest BCUT2D eigenvalue weighted by Crippen LogP contribution is -2.44. The van der Waals surface area contributed by atoms with Crippen molar-refractivity contribution in [3.05, 3.63) is 46.5 Å². The van der Waals surface area contributed by atoms with Gasteiger partial charge < -0.3 is 28.2 Å². The Morgan fingerprint density at radius 3 is 2.65 bits per heavy atom. The maximum Gasteiger partial charge on any atom is 0.411 e. The van der Waals surface area contributed by atoms with E-state index in [0.29, 0.717) is 19.4 Å². The average Bonchev–Trinajstić information content (AvgIpc) is 3.48. The van der Waals surface area contributed by atoms with Crippen LogP contribution in [0.15, 0.2) is 44.2 Å². The Balaban J connectivity index is 1.57. The zero-order valence-corrected chi connectivity index (χ0v) is 20.9. The number of amides is 1. The Kier molecular flexibility index (Phi) is 6.97. The van der Waals surface area contributed by atoms with E-state index in [1.807, 2.05) is 0 Å². The van der Waals surface area contributed by atoms with Crippen LogP contribution >= 0.6 is 0 Å². The number of fused-ring (bicyclic) bond motifs is 1. The minimum Gasteiger partial charge on any atom is -0.507 e. The molecule has 1 saturated heterocycles. The maximum absolute atomic E-state index is 13.1. The molecule has 1 amide bonds. The van der Waals surface area contributed by atoms with Crippen LogP contribution in [0.5, 0.6) is 11.5 Å². The number of hydrogen-bond acceptors (Lipinski definition) is 10. The summed E-state index contributed by atoms with van der Waals surface area (Å²) in [5.41, 5.74) is -1.40. The molecule has 0 aliphatic carbocycles. The van der Waals surface area contributed by atoms with Crippen LogP contribution in [-0.4, -0.2) is 52.8 Å². The lowest BCUT2D eigenvalue weighted by Gasteiger charge is -2.27. The molecule has 1 aromatic carbocycles. The van der Waals surface area contributed by atoms with Crippen molar-refractivity contribution in [3.63, 3.8) is 0 Å². The summed E-state index contributed by atoms with van der Waals surface area (Å²) in [6, 6.07) is 4.32. The van der Waals surface area contributed by atoms with Gasteiger partial charge in [-0.3, -0.25) is 9.69 Å². The number of phenolic OH excluding ortho intramolecular Hbond substituents is 1. The van der Waals surface area contributed by atoms with E-state index < -0.39 is 40.9 Å². The van der Waals surface area contributed by atoms with Gasteiger partial charge in [0.25, 0.3) is 0 Å². The fourth-order valence-corrected chi connectivity index (χ4v) is 3.97. The summed E-state index contributed by atoms with van der Waals surface area (Å²) in [4.78, 5) is 51.6. The van der Waals surface area contributed by atoms with Crippen LogP contribution in [0.2, 0.25) is 0 Å². The zero-order chi connectivity index (χ0) is 26.9. The third-order valence-electron chi connectivity index (χ3n) is 5.55. The van der Waals surface area contributed by atoms with Gasteiger partial charge >= 0.3 is 18.0 Å². The minimum absolute atomic E-state index is 0.0259. The van der Waals surface area contributed by atoms with Crippen molar-refractivity contribution in [2.75, 3.05) is 13.2 Å². The van der Waals surface area contributed by atoms with Gasteiger partial charge in [0.2, 0.25) is 11.2 Å². The Morgan fingerprint density at radius 2 is 1.95 bits per heavy atom. The summed E-state index contributed by atoms with van der Waals surface area (Å²) in [5, 5.41) is 10.4. The fourth-order valence-electron chi connectivity index (χ4n) is 3.97. The van der Waals surface area contributed by atoms with Crippen molar-refractivity contribution in [1.82, 2.24) is 4.90 Å². The molecule has 37 heavy (non-hydrogen) atoms. The third-order valence-corrected chi connectivity index (χ3v) is 5.55. The third kappa shape index (κ3) is 5.45. The zero-order valence-electron chi connectivity index (χ0n) is 20.9. The summed E-state index contributed by atoms with van der Waals surface area (Å²) >= 11 is 0. The van der Waals surface area contributed by atoms with E-state index in [1.165, 1.54) is 23.1 Å². The maximum atomic E-state index is 13.1. The first-order valence-electron chi connectivity index (χ1n) is 11.8. The van der Waals surface area contributed by atoms with Crippen molar-refractivity contribution in [2.45, 2.75) is 52.2 Å². The molecule has 11 nitrogen and oxygen atoms in total. The van der Waals surface area contributed by atoms with E-state index in [4.69, 9.17) is 23.0 Å². The quantitative estimate of drug-likeness (QED) is 0.388. The van der Waals surface area contributed by atoms with Crippen LogP contribution in [0, 0.1) is 0 Å². The van der Waals surface area contributed by atoms with Crippen molar-refractivity contribution >= 4 is 29.0 Å². The van der Waals surface area contributed by atoms with Crippen molar-refractivity contribution in [3.8, 4) is 22.8 Å². The van der Waals surface area contributed by atoms with Crippen LogP contribution in [0.25, 0.3) is 22.3 Å². The Morgan fingerprint density at radius 1 is 1.19 bits per heavy atom. The number of benzene rings is 1. The van der Waals surface area contributed by atoms with E-state index in [-0.39, 0.29) is 40.4 Å². The molecule has 2 aromatic heterocycles. The van der Waals surface area contributed by atoms with Gasteiger partial charge in [0, 0.05) is 18.7 Å². The number of furan rings is 1. The molecular weight excluding hydrogens is 486 g/mol. The van der Waals surface area contributed by atoms with Gasteiger partial charge in [-0.05, 0) is 52.7 Å². The van der Waals surface area contributed by atoms with E-state index in [0.717, 1.165) is 12.3 Å². The summed E-state index contributed by atoms with van der Waals surface area (Å²) in [6.07, 6.45) is 1.50. The second kappa shape index (κ2) is 10.00. The second-order valence-electron chi connectivity index (χ2n) is 9.43. The highest BCUT2D eigenvalue weighted by Crippen LogP contribution is 2.32. The lowest BCUT2D eigenvalue weighted by molar-refractivity contribution is -0.139. The average molecular weight is 513 g/mol. The molecule has 0 radical (unpaired) electrons. The van der Waals surface area contributed by atoms with Crippen molar-refractivity contribution in [2.24, 2.45) is 0 Å². The molecule has 0 bridgehead atoms. The largest absolute Gasteiger partial charge is 0.507 e. The molecule has 1 fully saturated rings. The summed E-state index contributed by atoms with van der Waals surface area (Å²) in [5.74, 6) is -1.97. The second-order valence-corrected chi connectivity index (χ2v) is 9.43. The van der Waals surface area contributed by atoms with Gasteiger partial charge in [-0.25, -0.2) is 14.4 Å². The molecule has 11 heteroatoms. The molecule has 0 saturated carbocycles. The molecule has 1 atom stereocenters. The molecule has 3 aromatic rings. The lowest BCUT2D eigenvalue weighted by atomic mass is 10.1. The van der Waals surface area contributed by atoms with Crippen LogP contribution in [-0.2, 0) is 14.3 Å². The number of carbonyl (C=O) groups excluding carboxylic acids is 3. The number of likely N-dealkylation sites (tertiary alicyclic amines) is 1. The molecule has 1 aliphatic rings. The molecule has 1 aliphatic heterocycles. The number of nitrogens with zero attached hydrogens (tertiary/aromatic N) is 1. The summed E-state index contributed by atoms with van der Waals surface area (Å²) in [7, 11) is 0. The van der Waals surface area contributed by atoms with E-state index >= 15 is 0 Å². The van der Waals surface area contributed by atoms with Gasteiger partial charge in [0.1, 0.15) is 51.7 Å². The number of aromatic hydroxyl groups is 1. The highest BCUT2D eigenvalue weighted by atomic mass is 16.6. The Labute approximate surface area is 211 Å². The molecule has 0 unspecified atom stereocenters. The first-order chi connectivity index (χ1) is 17.5. The van der Waals surface area contributed by atoms with Gasteiger partial charge in [0.15, 0.2) is 0 Å². The molecule has 1 N–H and O–H groups in total. The van der Waals surface area contributed by atoms with Gasteiger partial charge in [0.05, 0.1) is 6.61 Å². The van der Waals surface area contributed by atoms with Gasteiger partial charge in [-0.15, -0.1) is 0 Å². The smallest absolute Gasteiger partial charge is 0.411 e. The van der Waals surface area contributed by atoms with E-state index in [9.17, 15) is 24.3 Å². The van der Waals surface area contributed by atoms with Crippen LogP contribution in [0.1, 0.15) is 51.1 Å². The summed E-state index contributed by atoms with van der Waals surface area (Å²) in [6.45, 7) is 7.36. The topological polar surface area (TPSA) is 146 Å². The van der Waals surface area contributed by atoms with Crippen LogP contribution in [0.3, 0.4) is 0 Å². The Hall–Kier alpha value is -4.28. The monoisotopic (exact) mass is 513 g/mol. The molecule has 0 spiro atoms. The first kappa shape index (κ1) is 25.8. The van der Waals surface area contributed by atoms with E-state index in [2.05, 4.69) is 0 Å². The Bertz CT molecular complexity index is 1410. The highest BCUT2D eigenvalue weighted by Gasteiger charge is 2.38. The fraction of sp³-hybridized carbons (Fsp3) is 0.385. The number of carbonyl (C=O) groups is 3. The SMILES string of the molecule is CCOC(=O)c1ccc(-c2coc3cc(OC(=O)[C@@H]4CCCN4C(=O)OC(C)(C)C)cc(O)c3c2=O)o1. The highest BCUT2D eigenvalue weighted by molar-refractivity contribution is 5.90. The van der Waals surface area contributed by atoms with Crippen LogP contribution < -0.4 is 10.2 Å². The molecular formula is C26H27NO10. The predicted molar refractivity (Wildman–Crippen MR) is 129 cm³/mol. The van der Waals surface area contributed by atoms with Crippen molar-refractivity contribution < 1.29 is 42.5 Å². The molecule has 3 heterocycles. The normalized spacial score (nSPS) is 15.6. The van der Waals surface area contributed by atoms with Crippen molar-refractivity contribution in [1.29, 1.82) is 0 Å². The summed E-state index contributed by atoms with van der Waals surface area (Å²) < 4.78 is 26.6.